The molecule has 0 radical (unpaired) electrons. The zero-order valence-corrected chi connectivity index (χ0v) is 16.6. The highest BCUT2D eigenvalue weighted by atomic mass is 127. The molecule has 0 bridgehead atoms. The Bertz CT molecular complexity index is 538. The molecule has 0 atom stereocenters. The van der Waals surface area contributed by atoms with Crippen LogP contribution in [0.2, 0.25) is 0 Å². The van der Waals surface area contributed by atoms with E-state index >= 15 is 0 Å². The quantitative estimate of drug-likeness (QED) is 0.169. The molecule has 1 aromatic rings. The van der Waals surface area contributed by atoms with Crippen LogP contribution in [0.15, 0.2) is 24.3 Å². The van der Waals surface area contributed by atoms with Gasteiger partial charge in [-0.2, -0.15) is 0 Å². The van der Waals surface area contributed by atoms with E-state index < -0.39 is 5.97 Å². The third-order valence-electron chi connectivity index (χ3n) is 2.25. The maximum Gasteiger partial charge on any atom is 0.333 e. The van der Waals surface area contributed by atoms with E-state index in [-0.39, 0.29) is 18.8 Å². The lowest BCUT2D eigenvalue weighted by Crippen LogP contribution is -2.11. The molecular formula is C13H11I3O3. The fourth-order valence-electron chi connectivity index (χ4n) is 1.24. The average Bonchev–Trinajstić information content (AvgIpc) is 2.35. The molecule has 0 fully saturated rings. The van der Waals surface area contributed by atoms with Crippen LogP contribution >= 0.6 is 67.8 Å². The fraction of sp³-hybridized carbons (Fsp3) is 0.231. The Labute approximate surface area is 153 Å². The van der Waals surface area contributed by atoms with Gasteiger partial charge < -0.3 is 4.74 Å². The lowest BCUT2D eigenvalue weighted by atomic mass is 10.1. The maximum absolute atomic E-state index is 12.1. The van der Waals surface area contributed by atoms with Gasteiger partial charge in [0.2, 0.25) is 0 Å². The Morgan fingerprint density at radius 3 is 2.42 bits per heavy atom. The molecule has 0 N–H and O–H groups in total. The van der Waals surface area contributed by atoms with Gasteiger partial charge in [-0.05, 0) is 86.8 Å². The molecule has 0 unspecified atom stereocenters. The van der Waals surface area contributed by atoms with Gasteiger partial charge in [0.25, 0.3) is 0 Å². The van der Waals surface area contributed by atoms with Gasteiger partial charge >= 0.3 is 5.97 Å². The number of halogens is 3. The van der Waals surface area contributed by atoms with E-state index in [0.29, 0.717) is 11.1 Å². The van der Waals surface area contributed by atoms with Gasteiger partial charge in [0.15, 0.2) is 5.78 Å². The molecular weight excluding hydrogens is 585 g/mol. The first kappa shape index (κ1) is 17.3. The zero-order valence-electron chi connectivity index (χ0n) is 10.1. The van der Waals surface area contributed by atoms with Crippen molar-refractivity contribution in [3.8, 4) is 0 Å². The largest absolute Gasteiger partial charge is 0.462 e. The first-order valence-electron chi connectivity index (χ1n) is 5.34. The highest BCUT2D eigenvalue weighted by Crippen LogP contribution is 2.25. The Morgan fingerprint density at radius 2 is 1.84 bits per heavy atom. The topological polar surface area (TPSA) is 43.4 Å². The number of rotatable bonds is 5. The van der Waals surface area contributed by atoms with Crippen LogP contribution in [0.5, 0.6) is 0 Å². The fourth-order valence-corrected chi connectivity index (χ4v) is 3.44. The van der Waals surface area contributed by atoms with Crippen LogP contribution in [-0.2, 0) is 9.53 Å². The molecule has 0 spiro atoms. The van der Waals surface area contributed by atoms with E-state index in [1.54, 1.807) is 6.92 Å². The zero-order chi connectivity index (χ0) is 14.6. The summed E-state index contributed by atoms with van der Waals surface area (Å²) in [5.74, 6) is -0.479. The van der Waals surface area contributed by atoms with Crippen molar-refractivity contribution in [1.29, 1.82) is 0 Å². The third-order valence-corrected chi connectivity index (χ3v) is 7.45. The Hall–Kier alpha value is 0.290. The second-order valence-corrected chi connectivity index (χ2v) is 7.13. The molecule has 0 aromatic heterocycles. The minimum atomic E-state index is -0.459. The number of carbonyl (C=O) groups excluding carboxylic acids is 2. The van der Waals surface area contributed by atoms with Crippen molar-refractivity contribution in [2.45, 2.75) is 13.3 Å². The van der Waals surface area contributed by atoms with Crippen LogP contribution in [0.4, 0.5) is 0 Å². The standard InChI is InChI=1S/C13H11I3O3/c1-7(2)13(18)19-6-5-10(17)8-3-4-9(14)12(16)11(8)15/h3-4H,1,5-6H2,2H3. The lowest BCUT2D eigenvalue weighted by molar-refractivity contribution is -0.138. The number of ketones is 1. The van der Waals surface area contributed by atoms with Crippen LogP contribution in [0, 0.1) is 10.7 Å². The molecule has 0 amide bonds. The molecule has 0 aliphatic heterocycles. The van der Waals surface area contributed by atoms with Gasteiger partial charge in [-0.3, -0.25) is 4.79 Å². The molecule has 0 aliphatic rings. The smallest absolute Gasteiger partial charge is 0.333 e. The molecule has 6 heteroatoms. The van der Waals surface area contributed by atoms with Crippen LogP contribution in [-0.4, -0.2) is 18.4 Å². The third kappa shape index (κ3) is 4.96. The van der Waals surface area contributed by atoms with Crippen LogP contribution in [0.3, 0.4) is 0 Å². The van der Waals surface area contributed by atoms with Crippen LogP contribution < -0.4 is 0 Å². The number of benzene rings is 1. The second kappa shape index (κ2) is 7.91. The first-order valence-corrected chi connectivity index (χ1v) is 8.57. The Balaban J connectivity index is 2.67. The van der Waals surface area contributed by atoms with Crippen molar-refractivity contribution in [1.82, 2.24) is 0 Å². The van der Waals surface area contributed by atoms with Gasteiger partial charge in [0.1, 0.15) is 0 Å². The molecule has 0 saturated carbocycles. The van der Waals surface area contributed by atoms with E-state index in [0.717, 1.165) is 10.7 Å². The van der Waals surface area contributed by atoms with E-state index in [4.69, 9.17) is 4.74 Å². The monoisotopic (exact) mass is 596 g/mol. The number of ether oxygens (including phenoxy) is 1. The number of hydrogen-bond acceptors (Lipinski definition) is 3. The summed E-state index contributed by atoms with van der Waals surface area (Å²) < 4.78 is 8.06. The Kier molecular flexibility index (Phi) is 7.22. The normalized spacial score (nSPS) is 10.1. The van der Waals surface area contributed by atoms with E-state index in [2.05, 4.69) is 74.4 Å². The van der Waals surface area contributed by atoms with Gasteiger partial charge in [-0.1, -0.05) is 6.58 Å². The number of Topliss-reactive ketones (excluding diaryl/α,β-unsaturated/α-hetero) is 1. The van der Waals surface area contributed by atoms with E-state index in [9.17, 15) is 9.59 Å². The first-order chi connectivity index (χ1) is 8.84. The SMILES string of the molecule is C=C(C)C(=O)OCCC(=O)c1ccc(I)c(I)c1I. The molecule has 0 saturated heterocycles. The van der Waals surface area contributed by atoms with Gasteiger partial charge in [0.05, 0.1) is 6.61 Å². The number of esters is 1. The Morgan fingerprint density at radius 1 is 1.21 bits per heavy atom. The summed E-state index contributed by atoms with van der Waals surface area (Å²) in [5, 5.41) is 0. The van der Waals surface area contributed by atoms with Gasteiger partial charge in [0, 0.05) is 28.3 Å². The highest BCUT2D eigenvalue weighted by Gasteiger charge is 2.14. The summed E-state index contributed by atoms with van der Waals surface area (Å²) >= 11 is 6.62. The van der Waals surface area contributed by atoms with Crippen molar-refractivity contribution >= 4 is 79.5 Å². The summed E-state index contributed by atoms with van der Waals surface area (Å²) in [6, 6.07) is 3.73. The lowest BCUT2D eigenvalue weighted by Gasteiger charge is -2.08. The van der Waals surface area contributed by atoms with E-state index in [1.165, 1.54) is 0 Å². The average molecular weight is 596 g/mol. The minimum absolute atomic E-state index is 0.0202. The summed E-state index contributed by atoms with van der Waals surface area (Å²) in [4.78, 5) is 23.2. The van der Waals surface area contributed by atoms with Crippen molar-refractivity contribution in [3.05, 3.63) is 40.6 Å². The van der Waals surface area contributed by atoms with Crippen molar-refractivity contribution in [2.24, 2.45) is 0 Å². The summed E-state index contributed by atoms with van der Waals surface area (Å²) in [5.41, 5.74) is 1.02. The summed E-state index contributed by atoms with van der Waals surface area (Å²) in [7, 11) is 0. The van der Waals surface area contributed by atoms with E-state index in [1.807, 2.05) is 12.1 Å². The molecule has 102 valence electrons. The predicted octanol–water partition coefficient (Wildman–Crippen LogP) is 4.19. The molecule has 1 rings (SSSR count). The number of hydrogen-bond donors (Lipinski definition) is 0. The molecule has 3 nitrogen and oxygen atoms in total. The van der Waals surface area contributed by atoms with Crippen LogP contribution in [0.1, 0.15) is 23.7 Å². The van der Waals surface area contributed by atoms with Gasteiger partial charge in [-0.25, -0.2) is 4.79 Å². The summed E-state index contributed by atoms with van der Waals surface area (Å²) in [6.07, 6.45) is 0.186. The second-order valence-electron chi connectivity index (χ2n) is 3.81. The maximum atomic E-state index is 12.1. The predicted molar refractivity (Wildman–Crippen MR) is 99.3 cm³/mol. The summed E-state index contributed by atoms with van der Waals surface area (Å²) in [6.45, 7) is 5.15. The molecule has 0 heterocycles. The van der Waals surface area contributed by atoms with Gasteiger partial charge in [-0.15, -0.1) is 0 Å². The van der Waals surface area contributed by atoms with Crippen molar-refractivity contribution < 1.29 is 14.3 Å². The molecule has 19 heavy (non-hydrogen) atoms. The minimum Gasteiger partial charge on any atom is -0.462 e. The number of carbonyl (C=O) groups is 2. The van der Waals surface area contributed by atoms with Crippen molar-refractivity contribution in [2.75, 3.05) is 6.61 Å². The highest BCUT2D eigenvalue weighted by molar-refractivity contribution is 14.1. The van der Waals surface area contributed by atoms with Crippen LogP contribution in [0.25, 0.3) is 0 Å². The molecule has 1 aromatic carbocycles. The molecule has 0 aliphatic carbocycles. The van der Waals surface area contributed by atoms with Crippen molar-refractivity contribution in [3.63, 3.8) is 0 Å².